The third-order valence-corrected chi connectivity index (χ3v) is 3.90. The molecule has 6 nitrogen and oxygen atoms in total. The second-order valence-electron chi connectivity index (χ2n) is 6.41. The minimum atomic E-state index is -0.539. The van der Waals surface area contributed by atoms with Crippen molar-refractivity contribution in [1.82, 2.24) is 5.32 Å². The Morgan fingerprint density at radius 3 is 2.52 bits per heavy atom. The number of amides is 2. The van der Waals surface area contributed by atoms with E-state index in [1.165, 1.54) is 0 Å². The van der Waals surface area contributed by atoms with E-state index in [0.717, 1.165) is 6.42 Å². The minimum absolute atomic E-state index is 0.118. The topological polar surface area (TPSA) is 93.4 Å². The molecule has 0 fully saturated rings. The third-order valence-electron chi connectivity index (χ3n) is 3.69. The summed E-state index contributed by atoms with van der Waals surface area (Å²) < 4.78 is 5.67. The highest BCUT2D eigenvalue weighted by Gasteiger charge is 2.10. The highest BCUT2D eigenvalue weighted by Crippen LogP contribution is 2.15. The van der Waals surface area contributed by atoms with Crippen molar-refractivity contribution < 1.29 is 14.3 Å². The number of hydrogen-bond acceptors (Lipinski definition) is 4. The molecule has 0 aliphatic heterocycles. The lowest BCUT2D eigenvalue weighted by molar-refractivity contribution is 0.0974. The van der Waals surface area contributed by atoms with Crippen LogP contribution in [0.5, 0.6) is 5.75 Å². The molecular weight excluding hydrogens is 362 g/mol. The second-order valence-corrected chi connectivity index (χ2v) is 6.82. The summed E-state index contributed by atoms with van der Waals surface area (Å²) in [6.45, 7) is 4.85. The molecule has 0 aliphatic carbocycles. The third kappa shape index (κ3) is 6.71. The minimum Gasteiger partial charge on any atom is -0.494 e. The van der Waals surface area contributed by atoms with E-state index in [1.54, 1.807) is 42.5 Å². The zero-order chi connectivity index (χ0) is 19.8. The maximum absolute atomic E-state index is 12.4. The lowest BCUT2D eigenvalue weighted by Gasteiger charge is -2.12. The summed E-state index contributed by atoms with van der Waals surface area (Å²) in [5.74, 6) is 0.292. The van der Waals surface area contributed by atoms with Crippen molar-refractivity contribution in [2.45, 2.75) is 20.3 Å². The standard InChI is InChI=1S/C20H23N3O3S/c1-13(2)9-10-26-17-8-4-6-15(12-17)19(25)23-20(27)22-16-7-3-5-14(11-16)18(21)24/h3-8,11-13H,9-10H2,1-2H3,(H2,21,24)(H2,22,23,25,27). The predicted octanol–water partition coefficient (Wildman–Crippen LogP) is 3.34. The zero-order valence-electron chi connectivity index (χ0n) is 15.3. The van der Waals surface area contributed by atoms with E-state index in [4.69, 9.17) is 22.7 Å². The number of carbonyl (C=O) groups excluding carboxylic acids is 2. The Morgan fingerprint density at radius 2 is 1.81 bits per heavy atom. The molecule has 7 heteroatoms. The predicted molar refractivity (Wildman–Crippen MR) is 110 cm³/mol. The van der Waals surface area contributed by atoms with Gasteiger partial charge in [0.2, 0.25) is 5.91 Å². The van der Waals surface area contributed by atoms with Gasteiger partial charge in [-0.15, -0.1) is 0 Å². The van der Waals surface area contributed by atoms with Crippen LogP contribution in [0.3, 0.4) is 0 Å². The van der Waals surface area contributed by atoms with E-state index in [1.807, 2.05) is 6.07 Å². The molecule has 2 aromatic carbocycles. The molecule has 0 saturated heterocycles. The van der Waals surface area contributed by atoms with Crippen LogP contribution in [0.25, 0.3) is 0 Å². The van der Waals surface area contributed by atoms with Crippen LogP contribution < -0.4 is 21.1 Å². The van der Waals surface area contributed by atoms with Gasteiger partial charge in [-0.25, -0.2) is 0 Å². The molecule has 0 saturated carbocycles. The summed E-state index contributed by atoms with van der Waals surface area (Å²) in [5, 5.41) is 5.58. The SMILES string of the molecule is CC(C)CCOc1cccc(C(=O)NC(=S)Nc2cccc(C(N)=O)c2)c1. The van der Waals surface area contributed by atoms with Crippen molar-refractivity contribution >= 4 is 34.8 Å². The smallest absolute Gasteiger partial charge is 0.257 e. The number of benzene rings is 2. The van der Waals surface area contributed by atoms with Gasteiger partial charge in [-0.3, -0.25) is 14.9 Å². The molecule has 0 heterocycles. The molecule has 2 rings (SSSR count). The van der Waals surface area contributed by atoms with Gasteiger partial charge in [0.05, 0.1) is 6.61 Å². The second kappa shape index (κ2) is 9.68. The van der Waals surface area contributed by atoms with Gasteiger partial charge in [-0.1, -0.05) is 26.0 Å². The van der Waals surface area contributed by atoms with E-state index in [0.29, 0.717) is 35.1 Å². The highest BCUT2D eigenvalue weighted by atomic mass is 32.1. The number of nitrogens with two attached hydrogens (primary N) is 1. The first-order chi connectivity index (χ1) is 12.8. The molecule has 142 valence electrons. The molecule has 0 bridgehead atoms. The average Bonchev–Trinajstić information content (AvgIpc) is 2.61. The molecule has 2 amide bonds. The number of hydrogen-bond donors (Lipinski definition) is 3. The summed E-state index contributed by atoms with van der Waals surface area (Å²) in [6.07, 6.45) is 0.939. The Hall–Kier alpha value is -2.93. The maximum atomic E-state index is 12.4. The van der Waals surface area contributed by atoms with Crippen LogP contribution in [0.15, 0.2) is 48.5 Å². The Labute approximate surface area is 164 Å². The van der Waals surface area contributed by atoms with Gasteiger partial charge in [0.15, 0.2) is 5.11 Å². The Bertz CT molecular complexity index is 837. The van der Waals surface area contributed by atoms with Crippen molar-refractivity contribution in [3.05, 3.63) is 59.7 Å². The van der Waals surface area contributed by atoms with Gasteiger partial charge in [-0.05, 0) is 61.0 Å². The van der Waals surface area contributed by atoms with E-state index in [-0.39, 0.29) is 11.0 Å². The molecule has 4 N–H and O–H groups in total. The Kier molecular flexibility index (Phi) is 7.31. The summed E-state index contributed by atoms with van der Waals surface area (Å²) >= 11 is 5.16. The lowest BCUT2D eigenvalue weighted by Crippen LogP contribution is -2.34. The molecule has 0 unspecified atom stereocenters. The number of rotatable bonds is 7. The molecule has 0 aliphatic rings. The van der Waals surface area contributed by atoms with Gasteiger partial charge in [0.25, 0.3) is 5.91 Å². The number of anilines is 1. The fourth-order valence-corrected chi connectivity index (χ4v) is 2.44. The molecule has 27 heavy (non-hydrogen) atoms. The van der Waals surface area contributed by atoms with Crippen LogP contribution in [0.1, 0.15) is 41.0 Å². The number of nitrogens with one attached hydrogen (secondary N) is 2. The van der Waals surface area contributed by atoms with E-state index in [2.05, 4.69) is 24.5 Å². The summed E-state index contributed by atoms with van der Waals surface area (Å²) in [7, 11) is 0. The van der Waals surface area contributed by atoms with Crippen LogP contribution in [0.4, 0.5) is 5.69 Å². The molecule has 0 aromatic heterocycles. The number of ether oxygens (including phenoxy) is 1. The molecule has 0 atom stereocenters. The first-order valence-electron chi connectivity index (χ1n) is 8.60. The van der Waals surface area contributed by atoms with Crippen LogP contribution in [0, 0.1) is 5.92 Å². The van der Waals surface area contributed by atoms with E-state index in [9.17, 15) is 9.59 Å². The van der Waals surface area contributed by atoms with Crippen molar-refractivity contribution in [2.24, 2.45) is 11.7 Å². The largest absolute Gasteiger partial charge is 0.494 e. The van der Waals surface area contributed by atoms with Gasteiger partial charge in [-0.2, -0.15) is 0 Å². The average molecular weight is 385 g/mol. The van der Waals surface area contributed by atoms with Crippen molar-refractivity contribution in [1.29, 1.82) is 0 Å². The lowest BCUT2D eigenvalue weighted by atomic mass is 10.1. The highest BCUT2D eigenvalue weighted by molar-refractivity contribution is 7.80. The van der Waals surface area contributed by atoms with Crippen LogP contribution in [-0.4, -0.2) is 23.5 Å². The van der Waals surface area contributed by atoms with Crippen molar-refractivity contribution in [3.8, 4) is 5.75 Å². The Balaban J connectivity index is 1.95. The summed E-state index contributed by atoms with van der Waals surface area (Å²) in [4.78, 5) is 23.6. The zero-order valence-corrected chi connectivity index (χ0v) is 16.1. The summed E-state index contributed by atoms with van der Waals surface area (Å²) in [5.41, 5.74) is 6.60. The number of thiocarbonyl (C=S) groups is 1. The van der Waals surface area contributed by atoms with Crippen molar-refractivity contribution in [2.75, 3.05) is 11.9 Å². The van der Waals surface area contributed by atoms with Crippen LogP contribution in [-0.2, 0) is 0 Å². The Morgan fingerprint density at radius 1 is 1.11 bits per heavy atom. The van der Waals surface area contributed by atoms with Gasteiger partial charge < -0.3 is 15.8 Å². The normalized spacial score (nSPS) is 10.3. The number of primary amides is 1. The van der Waals surface area contributed by atoms with Gasteiger partial charge in [0.1, 0.15) is 5.75 Å². The molecule has 0 radical (unpaired) electrons. The summed E-state index contributed by atoms with van der Waals surface area (Å²) in [6, 6.07) is 13.5. The molecular formula is C20H23N3O3S. The first-order valence-corrected chi connectivity index (χ1v) is 9.01. The van der Waals surface area contributed by atoms with Gasteiger partial charge in [0, 0.05) is 16.8 Å². The van der Waals surface area contributed by atoms with E-state index < -0.39 is 5.91 Å². The maximum Gasteiger partial charge on any atom is 0.257 e. The fraction of sp³-hybridized carbons (Fsp3) is 0.250. The molecule has 0 spiro atoms. The number of carbonyl (C=O) groups is 2. The van der Waals surface area contributed by atoms with Crippen molar-refractivity contribution in [3.63, 3.8) is 0 Å². The molecule has 2 aromatic rings. The van der Waals surface area contributed by atoms with Crippen LogP contribution in [0.2, 0.25) is 0 Å². The monoisotopic (exact) mass is 385 g/mol. The van der Waals surface area contributed by atoms with Gasteiger partial charge >= 0.3 is 0 Å². The quantitative estimate of drug-likeness (QED) is 0.636. The van der Waals surface area contributed by atoms with E-state index >= 15 is 0 Å². The fourth-order valence-electron chi connectivity index (χ4n) is 2.23. The van der Waals surface area contributed by atoms with Crippen LogP contribution >= 0.6 is 12.2 Å². The first kappa shape index (κ1) is 20.4.